The summed E-state index contributed by atoms with van der Waals surface area (Å²) in [4.78, 5) is 4.83. The molecule has 6 heteroatoms. The van der Waals surface area contributed by atoms with E-state index in [1.54, 1.807) is 11.8 Å². The van der Waals surface area contributed by atoms with Gasteiger partial charge in [0.15, 0.2) is 5.82 Å². The van der Waals surface area contributed by atoms with E-state index in [0.717, 1.165) is 47.7 Å². The summed E-state index contributed by atoms with van der Waals surface area (Å²) in [6.07, 6.45) is 3.87. The largest absolute Gasteiger partial charge is 0.493 e. The van der Waals surface area contributed by atoms with Crippen molar-refractivity contribution in [3.05, 3.63) is 42.1 Å². The molecule has 0 aliphatic heterocycles. The highest BCUT2D eigenvalue weighted by Gasteiger charge is 2.11. The van der Waals surface area contributed by atoms with Crippen LogP contribution in [0.25, 0.3) is 16.7 Å². The van der Waals surface area contributed by atoms with E-state index < -0.39 is 0 Å². The highest BCUT2D eigenvalue weighted by atomic mass is 16.5. The number of rotatable bonds is 9. The summed E-state index contributed by atoms with van der Waals surface area (Å²) in [7, 11) is 1.73. The number of hydrogen-bond donors (Lipinski definition) is 1. The Balaban J connectivity index is 1.97. The molecule has 0 unspecified atom stereocenters. The number of aromatic nitrogens is 3. The lowest BCUT2D eigenvalue weighted by molar-refractivity contribution is 0.195. The van der Waals surface area contributed by atoms with Crippen molar-refractivity contribution < 1.29 is 9.47 Å². The summed E-state index contributed by atoms with van der Waals surface area (Å²) in [5.74, 6) is 2.41. The van der Waals surface area contributed by atoms with Crippen LogP contribution < -0.4 is 10.1 Å². The van der Waals surface area contributed by atoms with Crippen molar-refractivity contribution in [2.75, 3.05) is 25.6 Å². The zero-order valence-corrected chi connectivity index (χ0v) is 16.5. The Kier molecular flexibility index (Phi) is 6.29. The number of methoxy groups -OCH3 is 1. The smallest absolute Gasteiger partial charge is 0.157 e. The standard InChI is InChI=1S/C21H28N4O2/c1-5-27-19-14-21(25-11-10-20(24-25)22-15(2)3)23-18-13-16(7-6-12-26-4)8-9-17(18)19/h8-11,13-15H,5-7,12H2,1-4H3,(H,22,24). The zero-order chi connectivity index (χ0) is 19.2. The molecule has 2 aromatic heterocycles. The van der Waals surface area contributed by atoms with Crippen molar-refractivity contribution in [1.29, 1.82) is 0 Å². The molecular weight excluding hydrogens is 340 g/mol. The fourth-order valence-corrected chi connectivity index (χ4v) is 3.02. The lowest BCUT2D eigenvalue weighted by Gasteiger charge is -2.12. The van der Waals surface area contributed by atoms with Crippen LogP contribution in [0.15, 0.2) is 36.5 Å². The molecule has 144 valence electrons. The van der Waals surface area contributed by atoms with Gasteiger partial charge >= 0.3 is 0 Å². The molecule has 2 heterocycles. The van der Waals surface area contributed by atoms with Crippen molar-refractivity contribution in [1.82, 2.24) is 14.8 Å². The minimum atomic E-state index is 0.326. The number of hydrogen-bond acceptors (Lipinski definition) is 5. The number of pyridine rings is 1. The molecule has 0 aliphatic rings. The maximum absolute atomic E-state index is 5.87. The van der Waals surface area contributed by atoms with Gasteiger partial charge in [-0.3, -0.25) is 0 Å². The van der Waals surface area contributed by atoms with Gasteiger partial charge in [-0.1, -0.05) is 6.07 Å². The summed E-state index contributed by atoms with van der Waals surface area (Å²) in [6, 6.07) is 10.6. The van der Waals surface area contributed by atoms with Crippen LogP contribution in [0.1, 0.15) is 32.8 Å². The molecule has 27 heavy (non-hydrogen) atoms. The molecular formula is C21H28N4O2. The second-order valence-corrected chi connectivity index (χ2v) is 6.80. The third-order valence-electron chi connectivity index (χ3n) is 4.20. The number of fused-ring (bicyclic) bond motifs is 1. The Hall–Kier alpha value is -2.60. The summed E-state index contributed by atoms with van der Waals surface area (Å²) in [5, 5.41) is 8.91. The van der Waals surface area contributed by atoms with Gasteiger partial charge in [-0.15, -0.1) is 5.10 Å². The number of anilines is 1. The molecule has 0 spiro atoms. The van der Waals surface area contributed by atoms with E-state index in [1.165, 1.54) is 5.56 Å². The number of ether oxygens (including phenoxy) is 2. The fourth-order valence-electron chi connectivity index (χ4n) is 3.02. The van der Waals surface area contributed by atoms with E-state index in [2.05, 4.69) is 42.5 Å². The van der Waals surface area contributed by atoms with Gasteiger partial charge in [0.05, 0.1) is 12.1 Å². The quantitative estimate of drug-likeness (QED) is 0.573. The molecule has 0 bridgehead atoms. The Morgan fingerprint density at radius 3 is 2.78 bits per heavy atom. The molecule has 0 saturated heterocycles. The molecule has 0 amide bonds. The van der Waals surface area contributed by atoms with Crippen molar-refractivity contribution in [3.8, 4) is 11.6 Å². The maximum Gasteiger partial charge on any atom is 0.157 e. The lowest BCUT2D eigenvalue weighted by atomic mass is 10.1. The molecule has 1 N–H and O–H groups in total. The minimum absolute atomic E-state index is 0.326. The van der Waals surface area contributed by atoms with Crippen LogP contribution in [0.4, 0.5) is 5.82 Å². The Bertz CT molecular complexity index is 889. The van der Waals surface area contributed by atoms with E-state index in [1.807, 2.05) is 25.3 Å². The SMILES string of the molecule is CCOc1cc(-n2ccc(NC(C)C)n2)nc2cc(CCCOC)ccc12. The summed E-state index contributed by atoms with van der Waals surface area (Å²) in [5.41, 5.74) is 2.16. The topological polar surface area (TPSA) is 61.2 Å². The monoisotopic (exact) mass is 368 g/mol. The van der Waals surface area contributed by atoms with Gasteiger partial charge in [0.25, 0.3) is 0 Å². The van der Waals surface area contributed by atoms with Crippen molar-refractivity contribution >= 4 is 16.7 Å². The molecule has 0 fully saturated rings. The predicted molar refractivity (Wildman–Crippen MR) is 109 cm³/mol. The van der Waals surface area contributed by atoms with E-state index in [-0.39, 0.29) is 0 Å². The Morgan fingerprint density at radius 1 is 1.19 bits per heavy atom. The third kappa shape index (κ3) is 4.77. The van der Waals surface area contributed by atoms with Gasteiger partial charge in [0, 0.05) is 43.5 Å². The average Bonchev–Trinajstić information content (AvgIpc) is 3.09. The first-order chi connectivity index (χ1) is 13.1. The van der Waals surface area contributed by atoms with Crippen LogP contribution in [-0.4, -0.2) is 41.1 Å². The van der Waals surface area contributed by atoms with Crippen LogP contribution in [0, 0.1) is 0 Å². The predicted octanol–water partition coefficient (Wildman–Crippen LogP) is 4.22. The van der Waals surface area contributed by atoms with Crippen LogP contribution in [0.2, 0.25) is 0 Å². The molecule has 6 nitrogen and oxygen atoms in total. The molecule has 0 atom stereocenters. The maximum atomic E-state index is 5.87. The van der Waals surface area contributed by atoms with E-state index >= 15 is 0 Å². The van der Waals surface area contributed by atoms with Gasteiger partial charge in [0.2, 0.25) is 0 Å². The first-order valence-corrected chi connectivity index (χ1v) is 9.48. The number of benzene rings is 1. The van der Waals surface area contributed by atoms with E-state index in [9.17, 15) is 0 Å². The normalized spacial score (nSPS) is 11.3. The second kappa shape index (κ2) is 8.86. The van der Waals surface area contributed by atoms with Gasteiger partial charge in [-0.05, 0) is 51.3 Å². The molecule has 3 aromatic rings. The van der Waals surface area contributed by atoms with Gasteiger partial charge < -0.3 is 14.8 Å². The first-order valence-electron chi connectivity index (χ1n) is 9.48. The van der Waals surface area contributed by atoms with Crippen LogP contribution >= 0.6 is 0 Å². The summed E-state index contributed by atoms with van der Waals surface area (Å²) in [6.45, 7) is 7.53. The zero-order valence-electron chi connectivity index (χ0n) is 16.5. The highest BCUT2D eigenvalue weighted by molar-refractivity contribution is 5.86. The molecule has 1 aromatic carbocycles. The highest BCUT2D eigenvalue weighted by Crippen LogP contribution is 2.28. The van der Waals surface area contributed by atoms with Crippen LogP contribution in [0.3, 0.4) is 0 Å². The van der Waals surface area contributed by atoms with Gasteiger partial charge in [-0.25, -0.2) is 9.67 Å². The summed E-state index contributed by atoms with van der Waals surface area (Å²) < 4.78 is 12.8. The van der Waals surface area contributed by atoms with Crippen LogP contribution in [-0.2, 0) is 11.2 Å². The van der Waals surface area contributed by atoms with E-state index in [0.29, 0.717) is 12.6 Å². The van der Waals surface area contributed by atoms with Crippen molar-refractivity contribution in [3.63, 3.8) is 0 Å². The molecule has 0 saturated carbocycles. The molecule has 0 radical (unpaired) electrons. The van der Waals surface area contributed by atoms with Crippen LogP contribution in [0.5, 0.6) is 5.75 Å². The van der Waals surface area contributed by atoms with E-state index in [4.69, 9.17) is 14.5 Å². The summed E-state index contributed by atoms with van der Waals surface area (Å²) >= 11 is 0. The average molecular weight is 368 g/mol. The Morgan fingerprint density at radius 2 is 2.04 bits per heavy atom. The van der Waals surface area contributed by atoms with Crippen molar-refractivity contribution in [2.24, 2.45) is 0 Å². The first kappa shape index (κ1) is 19.2. The Labute approximate surface area is 160 Å². The molecule has 0 aliphatic carbocycles. The van der Waals surface area contributed by atoms with Crippen molar-refractivity contribution in [2.45, 2.75) is 39.7 Å². The van der Waals surface area contributed by atoms with Gasteiger partial charge in [0.1, 0.15) is 11.6 Å². The minimum Gasteiger partial charge on any atom is -0.493 e. The fraction of sp³-hybridized carbons (Fsp3) is 0.429. The number of aryl methyl sites for hydroxylation is 1. The lowest BCUT2D eigenvalue weighted by Crippen LogP contribution is -2.10. The third-order valence-corrected chi connectivity index (χ3v) is 4.20. The second-order valence-electron chi connectivity index (χ2n) is 6.80. The number of nitrogens with one attached hydrogen (secondary N) is 1. The molecule has 3 rings (SSSR count). The number of nitrogens with zero attached hydrogens (tertiary/aromatic N) is 3. The van der Waals surface area contributed by atoms with Gasteiger partial charge in [-0.2, -0.15) is 0 Å².